The van der Waals surface area contributed by atoms with Crippen LogP contribution in [0, 0.1) is 22.5 Å². The maximum atomic E-state index is 12.3. The number of hydrogen-bond donors (Lipinski definition) is 0. The molecule has 0 radical (unpaired) electrons. The van der Waals surface area contributed by atoms with Crippen molar-refractivity contribution < 1.29 is 14.5 Å². The lowest BCUT2D eigenvalue weighted by Gasteiger charge is -2.26. The van der Waals surface area contributed by atoms with E-state index in [1.807, 2.05) is 4.90 Å². The van der Waals surface area contributed by atoms with Gasteiger partial charge in [-0.3, -0.25) is 19.7 Å². The van der Waals surface area contributed by atoms with Gasteiger partial charge in [-0.05, 0) is 25.3 Å². The molecule has 1 aliphatic rings. The van der Waals surface area contributed by atoms with Crippen LogP contribution in [0.1, 0.15) is 19.3 Å². The molecule has 1 aromatic heterocycles. The van der Waals surface area contributed by atoms with Gasteiger partial charge in [0.1, 0.15) is 0 Å². The summed E-state index contributed by atoms with van der Waals surface area (Å²) < 4.78 is 2.32. The van der Waals surface area contributed by atoms with Gasteiger partial charge >= 0.3 is 0 Å². The Morgan fingerprint density at radius 2 is 2.03 bits per heavy atom. The zero-order valence-electron chi connectivity index (χ0n) is 15.7. The molecule has 2 amide bonds. The SMILES string of the molecule is C#CCn1c(=NC(=O)CSCC(=O)N2CCCCC2)sc2cc([N+](=O)[O-])ccc21. The largest absolute Gasteiger partial charge is 0.342 e. The van der Waals surface area contributed by atoms with Gasteiger partial charge in [-0.2, -0.15) is 4.99 Å². The number of hydrogen-bond acceptors (Lipinski definition) is 6. The molecule has 0 spiro atoms. The van der Waals surface area contributed by atoms with Gasteiger partial charge in [0.25, 0.3) is 11.6 Å². The van der Waals surface area contributed by atoms with Crippen molar-refractivity contribution in [3.05, 3.63) is 33.1 Å². The summed E-state index contributed by atoms with van der Waals surface area (Å²) in [4.78, 5) is 41.4. The third-order valence-corrected chi connectivity index (χ3v) is 6.45. The fraction of sp³-hybridized carbons (Fsp3) is 0.421. The molecule has 10 heteroatoms. The zero-order chi connectivity index (χ0) is 20.8. The molecule has 0 N–H and O–H groups in total. The first kappa shape index (κ1) is 21.1. The Hall–Kier alpha value is -2.64. The number of nitro benzene ring substituents is 1. The van der Waals surface area contributed by atoms with E-state index in [0.717, 1.165) is 32.4 Å². The molecular formula is C19H20N4O4S2. The first-order chi connectivity index (χ1) is 14.0. The van der Waals surface area contributed by atoms with E-state index in [-0.39, 0.29) is 35.6 Å². The number of piperidine rings is 1. The average molecular weight is 433 g/mol. The molecule has 3 rings (SSSR count). The van der Waals surface area contributed by atoms with Crippen LogP contribution >= 0.6 is 23.1 Å². The van der Waals surface area contributed by atoms with Crippen LogP contribution in [-0.2, 0) is 16.1 Å². The van der Waals surface area contributed by atoms with E-state index in [4.69, 9.17) is 6.42 Å². The molecule has 0 unspecified atom stereocenters. The second-order valence-corrected chi connectivity index (χ2v) is 8.52. The highest BCUT2D eigenvalue weighted by Gasteiger charge is 2.17. The third-order valence-electron chi connectivity index (χ3n) is 4.51. The molecule has 2 heterocycles. The predicted molar refractivity (Wildman–Crippen MR) is 114 cm³/mol. The van der Waals surface area contributed by atoms with E-state index in [9.17, 15) is 19.7 Å². The van der Waals surface area contributed by atoms with Gasteiger partial charge in [-0.1, -0.05) is 17.3 Å². The molecule has 8 nitrogen and oxygen atoms in total. The summed E-state index contributed by atoms with van der Waals surface area (Å²) in [5.74, 6) is 2.55. The lowest BCUT2D eigenvalue weighted by molar-refractivity contribution is -0.384. The Morgan fingerprint density at radius 1 is 1.28 bits per heavy atom. The Morgan fingerprint density at radius 3 is 2.72 bits per heavy atom. The topological polar surface area (TPSA) is 97.8 Å². The van der Waals surface area contributed by atoms with Gasteiger partial charge in [-0.15, -0.1) is 18.2 Å². The van der Waals surface area contributed by atoms with Crippen molar-refractivity contribution in [3.63, 3.8) is 0 Å². The second kappa shape index (κ2) is 9.71. The molecule has 1 saturated heterocycles. The highest BCUT2D eigenvalue weighted by atomic mass is 32.2. The summed E-state index contributed by atoms with van der Waals surface area (Å²) in [6, 6.07) is 4.45. The first-order valence-electron chi connectivity index (χ1n) is 9.14. The molecule has 1 aliphatic heterocycles. The molecule has 0 atom stereocenters. The molecule has 0 bridgehead atoms. The van der Waals surface area contributed by atoms with Gasteiger partial charge < -0.3 is 9.47 Å². The number of terminal acetylenes is 1. The maximum Gasteiger partial charge on any atom is 0.270 e. The summed E-state index contributed by atoms with van der Waals surface area (Å²) in [5, 5.41) is 11.0. The molecule has 2 aromatic rings. The lowest BCUT2D eigenvalue weighted by atomic mass is 10.1. The Labute approximate surface area is 175 Å². The lowest BCUT2D eigenvalue weighted by Crippen LogP contribution is -2.36. The average Bonchev–Trinajstić information content (AvgIpc) is 3.05. The number of nitrogens with zero attached hydrogens (tertiary/aromatic N) is 4. The number of fused-ring (bicyclic) bond motifs is 1. The highest BCUT2D eigenvalue weighted by Crippen LogP contribution is 2.23. The van der Waals surface area contributed by atoms with Gasteiger partial charge in [0.2, 0.25) is 5.91 Å². The number of carbonyl (C=O) groups excluding carboxylic acids is 2. The van der Waals surface area contributed by atoms with Crippen LogP contribution < -0.4 is 4.80 Å². The standard InChI is InChI=1S/C19H20N4O4S2/c1-2-8-22-15-7-6-14(23(26)27)11-16(15)29-19(22)20-17(24)12-28-13-18(25)21-9-4-3-5-10-21/h1,6-7,11H,3-5,8-10,12-13H2. The van der Waals surface area contributed by atoms with Gasteiger partial charge in [0.15, 0.2) is 4.80 Å². The smallest absolute Gasteiger partial charge is 0.270 e. The van der Waals surface area contributed by atoms with Crippen molar-refractivity contribution in [2.45, 2.75) is 25.8 Å². The molecule has 152 valence electrons. The number of amides is 2. The van der Waals surface area contributed by atoms with Crippen molar-refractivity contribution in [3.8, 4) is 12.3 Å². The maximum absolute atomic E-state index is 12.3. The minimum absolute atomic E-state index is 0.0312. The fourth-order valence-corrected chi connectivity index (χ4v) is 4.88. The summed E-state index contributed by atoms with van der Waals surface area (Å²) in [7, 11) is 0. The van der Waals surface area contributed by atoms with E-state index >= 15 is 0 Å². The van der Waals surface area contributed by atoms with Crippen LogP contribution in [0.2, 0.25) is 0 Å². The molecular weight excluding hydrogens is 412 g/mol. The van der Waals surface area contributed by atoms with Crippen LogP contribution in [0.4, 0.5) is 5.69 Å². The monoisotopic (exact) mass is 432 g/mol. The Bertz CT molecular complexity index is 1040. The number of non-ortho nitro benzene ring substituents is 1. The van der Waals surface area contributed by atoms with E-state index in [1.54, 1.807) is 10.6 Å². The second-order valence-electron chi connectivity index (χ2n) is 6.52. The molecule has 1 fully saturated rings. The first-order valence-corrected chi connectivity index (χ1v) is 11.1. The quantitative estimate of drug-likeness (QED) is 0.397. The Balaban J connectivity index is 1.71. The summed E-state index contributed by atoms with van der Waals surface area (Å²) in [5.41, 5.74) is 0.661. The van der Waals surface area contributed by atoms with Crippen LogP contribution in [-0.4, -0.2) is 50.8 Å². The number of thioether (sulfide) groups is 1. The number of aromatic nitrogens is 1. The summed E-state index contributed by atoms with van der Waals surface area (Å²) >= 11 is 2.42. The van der Waals surface area contributed by atoms with E-state index in [1.165, 1.54) is 35.2 Å². The fourth-order valence-electron chi connectivity index (χ4n) is 3.10. The zero-order valence-corrected chi connectivity index (χ0v) is 17.3. The van der Waals surface area contributed by atoms with Crippen molar-refractivity contribution >= 4 is 50.8 Å². The van der Waals surface area contributed by atoms with Crippen LogP contribution in [0.15, 0.2) is 23.2 Å². The van der Waals surface area contributed by atoms with Gasteiger partial charge in [0.05, 0.1) is 33.2 Å². The Kier molecular flexibility index (Phi) is 7.06. The minimum atomic E-state index is -0.470. The van der Waals surface area contributed by atoms with Crippen molar-refractivity contribution in [1.82, 2.24) is 9.47 Å². The summed E-state index contributed by atoms with van der Waals surface area (Å²) in [6.07, 6.45) is 8.65. The van der Waals surface area contributed by atoms with Crippen molar-refractivity contribution in [1.29, 1.82) is 0 Å². The number of nitro groups is 1. The van der Waals surface area contributed by atoms with E-state index in [0.29, 0.717) is 15.0 Å². The van der Waals surface area contributed by atoms with Crippen LogP contribution in [0.25, 0.3) is 10.2 Å². The number of rotatable bonds is 6. The van der Waals surface area contributed by atoms with Crippen LogP contribution in [0.5, 0.6) is 0 Å². The predicted octanol–water partition coefficient (Wildman–Crippen LogP) is 2.42. The van der Waals surface area contributed by atoms with E-state index in [2.05, 4.69) is 10.9 Å². The molecule has 0 saturated carbocycles. The van der Waals surface area contributed by atoms with Gasteiger partial charge in [-0.25, -0.2) is 0 Å². The summed E-state index contributed by atoms with van der Waals surface area (Å²) in [6.45, 7) is 1.78. The molecule has 29 heavy (non-hydrogen) atoms. The third kappa shape index (κ3) is 5.25. The van der Waals surface area contributed by atoms with Crippen molar-refractivity contribution in [2.75, 3.05) is 24.6 Å². The van der Waals surface area contributed by atoms with Crippen LogP contribution in [0.3, 0.4) is 0 Å². The number of thiazole rings is 1. The normalized spacial score (nSPS) is 14.7. The number of benzene rings is 1. The number of likely N-dealkylation sites (tertiary alicyclic amines) is 1. The number of carbonyl (C=O) groups is 2. The van der Waals surface area contributed by atoms with Gasteiger partial charge in [0, 0.05) is 25.2 Å². The molecule has 0 aliphatic carbocycles. The van der Waals surface area contributed by atoms with Crippen molar-refractivity contribution in [2.24, 2.45) is 4.99 Å². The molecule has 1 aromatic carbocycles. The van der Waals surface area contributed by atoms with E-state index < -0.39 is 4.92 Å². The minimum Gasteiger partial charge on any atom is -0.342 e. The highest BCUT2D eigenvalue weighted by molar-refractivity contribution is 8.00.